The number of nitrogens with zero attached hydrogens (tertiary/aromatic N) is 1. The molecule has 3 aromatic rings. The molecule has 1 amide bonds. The molecule has 1 saturated carbocycles. The van der Waals surface area contributed by atoms with Crippen LogP contribution in [0.5, 0.6) is 23.0 Å². The monoisotopic (exact) mass is 424 g/mol. The van der Waals surface area contributed by atoms with Crippen molar-refractivity contribution in [1.82, 2.24) is 5.16 Å². The van der Waals surface area contributed by atoms with Gasteiger partial charge in [-0.15, -0.1) is 0 Å². The Bertz CT molecular complexity index is 1080. The third kappa shape index (κ3) is 3.76. The van der Waals surface area contributed by atoms with Gasteiger partial charge in [-0.25, -0.2) is 0 Å². The van der Waals surface area contributed by atoms with Crippen molar-refractivity contribution in [3.05, 3.63) is 48.2 Å². The van der Waals surface area contributed by atoms with Gasteiger partial charge in [0.1, 0.15) is 5.75 Å². The van der Waals surface area contributed by atoms with Crippen LogP contribution in [-0.2, 0) is 10.2 Å². The Morgan fingerprint density at radius 3 is 2.26 bits per heavy atom. The third-order valence-electron chi connectivity index (χ3n) is 5.46. The summed E-state index contributed by atoms with van der Waals surface area (Å²) < 4.78 is 26.9. The largest absolute Gasteiger partial charge is 0.497 e. The third-order valence-corrected chi connectivity index (χ3v) is 5.46. The Hall–Kier alpha value is -3.68. The standard InChI is InChI=1S/C23H24N2O6/c1-27-16-7-5-6-14(10-16)17-13-20(25-31-17)23(8-9-23)22(26)24-15-11-18(28-2)21(30-4)19(12-15)29-3/h5-7,10-13H,8-9H2,1-4H3,(H,24,26). The molecule has 1 aliphatic carbocycles. The van der Waals surface area contributed by atoms with Crippen molar-refractivity contribution < 1.29 is 28.3 Å². The van der Waals surface area contributed by atoms with E-state index < -0.39 is 5.41 Å². The fourth-order valence-electron chi connectivity index (χ4n) is 3.54. The number of hydrogen-bond acceptors (Lipinski definition) is 7. The molecular formula is C23H24N2O6. The number of aromatic nitrogens is 1. The first kappa shape index (κ1) is 20.6. The summed E-state index contributed by atoms with van der Waals surface area (Å²) >= 11 is 0. The average molecular weight is 424 g/mol. The number of rotatable bonds is 8. The van der Waals surface area contributed by atoms with E-state index in [1.165, 1.54) is 21.3 Å². The van der Waals surface area contributed by atoms with Gasteiger partial charge in [0.15, 0.2) is 17.3 Å². The first-order chi connectivity index (χ1) is 15.0. The van der Waals surface area contributed by atoms with Crippen LogP contribution in [-0.4, -0.2) is 39.5 Å². The van der Waals surface area contributed by atoms with Gasteiger partial charge >= 0.3 is 0 Å². The summed E-state index contributed by atoms with van der Waals surface area (Å²) in [4.78, 5) is 13.2. The number of ether oxygens (including phenoxy) is 4. The Morgan fingerprint density at radius 2 is 1.68 bits per heavy atom. The normalized spacial score (nSPS) is 13.9. The van der Waals surface area contributed by atoms with Crippen LogP contribution in [0.4, 0.5) is 5.69 Å². The summed E-state index contributed by atoms with van der Waals surface area (Å²) in [5.41, 5.74) is 1.26. The van der Waals surface area contributed by atoms with E-state index in [0.717, 1.165) is 11.3 Å². The maximum Gasteiger partial charge on any atom is 0.236 e. The molecule has 0 saturated heterocycles. The fourth-order valence-corrected chi connectivity index (χ4v) is 3.54. The van der Waals surface area contributed by atoms with Crippen LogP contribution in [0.2, 0.25) is 0 Å². The number of hydrogen-bond donors (Lipinski definition) is 1. The molecule has 1 aromatic heterocycles. The minimum absolute atomic E-state index is 0.160. The smallest absolute Gasteiger partial charge is 0.236 e. The summed E-state index contributed by atoms with van der Waals surface area (Å²) in [6.07, 6.45) is 1.38. The van der Waals surface area contributed by atoms with Crippen molar-refractivity contribution in [2.24, 2.45) is 0 Å². The minimum atomic E-state index is -0.721. The number of methoxy groups -OCH3 is 4. The molecule has 1 heterocycles. The van der Waals surface area contributed by atoms with Crippen LogP contribution in [0.1, 0.15) is 18.5 Å². The number of anilines is 1. The predicted molar refractivity (Wildman–Crippen MR) is 114 cm³/mol. The number of amides is 1. The number of nitrogens with one attached hydrogen (secondary N) is 1. The SMILES string of the molecule is COc1cccc(-c2cc(C3(C(=O)Nc4cc(OC)c(OC)c(OC)c4)CC3)no2)c1. The maximum atomic E-state index is 13.2. The molecular weight excluding hydrogens is 400 g/mol. The second-order valence-electron chi connectivity index (χ2n) is 7.26. The lowest BCUT2D eigenvalue weighted by Gasteiger charge is -2.16. The molecule has 0 atom stereocenters. The van der Waals surface area contributed by atoms with E-state index in [4.69, 9.17) is 23.5 Å². The average Bonchev–Trinajstić information content (AvgIpc) is 3.47. The molecule has 1 aliphatic rings. The quantitative estimate of drug-likeness (QED) is 0.583. The lowest BCUT2D eigenvalue weighted by Crippen LogP contribution is -2.28. The van der Waals surface area contributed by atoms with Crippen molar-refractivity contribution >= 4 is 11.6 Å². The Kier molecular flexibility index (Phi) is 5.46. The van der Waals surface area contributed by atoms with E-state index in [0.29, 0.717) is 47.2 Å². The van der Waals surface area contributed by atoms with Crippen molar-refractivity contribution in [3.63, 3.8) is 0 Å². The van der Waals surface area contributed by atoms with Crippen LogP contribution in [0, 0.1) is 0 Å². The first-order valence-electron chi connectivity index (χ1n) is 9.77. The highest BCUT2D eigenvalue weighted by molar-refractivity contribution is 6.01. The van der Waals surface area contributed by atoms with Crippen LogP contribution < -0.4 is 24.3 Å². The molecule has 2 aromatic carbocycles. The lowest BCUT2D eigenvalue weighted by molar-refractivity contribution is -0.118. The molecule has 0 unspecified atom stereocenters. The summed E-state index contributed by atoms with van der Waals surface area (Å²) in [6.45, 7) is 0. The van der Waals surface area contributed by atoms with Gasteiger partial charge in [-0.3, -0.25) is 4.79 Å². The van der Waals surface area contributed by atoms with E-state index in [9.17, 15) is 4.79 Å². The van der Waals surface area contributed by atoms with Crippen molar-refractivity contribution in [2.45, 2.75) is 18.3 Å². The summed E-state index contributed by atoms with van der Waals surface area (Å²) in [7, 11) is 6.20. The molecule has 0 spiro atoms. The van der Waals surface area contributed by atoms with Crippen LogP contribution in [0.3, 0.4) is 0 Å². The highest BCUT2D eigenvalue weighted by atomic mass is 16.5. The second kappa shape index (κ2) is 8.22. The van der Waals surface area contributed by atoms with E-state index in [2.05, 4.69) is 10.5 Å². The van der Waals surface area contributed by atoms with Crippen LogP contribution in [0.15, 0.2) is 47.0 Å². The van der Waals surface area contributed by atoms with Gasteiger partial charge < -0.3 is 28.8 Å². The topological polar surface area (TPSA) is 92.1 Å². The molecule has 1 fully saturated rings. The number of carbonyl (C=O) groups is 1. The van der Waals surface area contributed by atoms with E-state index in [-0.39, 0.29) is 5.91 Å². The summed E-state index contributed by atoms with van der Waals surface area (Å²) in [5.74, 6) is 2.53. The molecule has 31 heavy (non-hydrogen) atoms. The van der Waals surface area contributed by atoms with Crippen LogP contribution in [0.25, 0.3) is 11.3 Å². The Labute approximate surface area is 180 Å². The van der Waals surface area contributed by atoms with Crippen LogP contribution >= 0.6 is 0 Å². The van der Waals surface area contributed by atoms with Gasteiger partial charge in [-0.1, -0.05) is 17.3 Å². The highest BCUT2D eigenvalue weighted by Crippen LogP contribution is 2.50. The fraction of sp³-hybridized carbons (Fsp3) is 0.304. The molecule has 0 aliphatic heterocycles. The van der Waals surface area contributed by atoms with Crippen molar-refractivity contribution in [1.29, 1.82) is 0 Å². The zero-order chi connectivity index (χ0) is 22.0. The molecule has 8 heteroatoms. The minimum Gasteiger partial charge on any atom is -0.497 e. The predicted octanol–water partition coefficient (Wildman–Crippen LogP) is 4.05. The molecule has 4 rings (SSSR count). The molecule has 162 valence electrons. The van der Waals surface area contributed by atoms with Crippen molar-refractivity contribution in [2.75, 3.05) is 33.8 Å². The van der Waals surface area contributed by atoms with E-state index >= 15 is 0 Å². The molecule has 0 radical (unpaired) electrons. The number of benzene rings is 2. The summed E-state index contributed by atoms with van der Waals surface area (Å²) in [6, 6.07) is 12.7. The molecule has 1 N–H and O–H groups in total. The highest BCUT2D eigenvalue weighted by Gasteiger charge is 2.54. The summed E-state index contributed by atoms with van der Waals surface area (Å²) in [5, 5.41) is 7.15. The first-order valence-corrected chi connectivity index (χ1v) is 9.77. The zero-order valence-corrected chi connectivity index (χ0v) is 17.9. The van der Waals surface area contributed by atoms with Gasteiger partial charge in [-0.2, -0.15) is 0 Å². The van der Waals surface area contributed by atoms with E-state index in [1.54, 1.807) is 19.2 Å². The molecule has 8 nitrogen and oxygen atoms in total. The Balaban J connectivity index is 1.58. The maximum absolute atomic E-state index is 13.2. The van der Waals surface area contributed by atoms with Gasteiger partial charge in [0, 0.05) is 29.4 Å². The van der Waals surface area contributed by atoms with Crippen molar-refractivity contribution in [3.8, 4) is 34.3 Å². The molecule has 0 bridgehead atoms. The number of carbonyl (C=O) groups excluding carboxylic acids is 1. The Morgan fingerprint density at radius 1 is 0.968 bits per heavy atom. The van der Waals surface area contributed by atoms with Gasteiger partial charge in [0.05, 0.1) is 39.5 Å². The van der Waals surface area contributed by atoms with Gasteiger partial charge in [0.2, 0.25) is 11.7 Å². The van der Waals surface area contributed by atoms with Gasteiger partial charge in [0.25, 0.3) is 0 Å². The van der Waals surface area contributed by atoms with E-state index in [1.807, 2.05) is 30.3 Å². The zero-order valence-electron chi connectivity index (χ0n) is 17.9. The van der Waals surface area contributed by atoms with Gasteiger partial charge in [-0.05, 0) is 25.0 Å². The second-order valence-corrected chi connectivity index (χ2v) is 7.26. The lowest BCUT2D eigenvalue weighted by atomic mass is 10.00.